The molecule has 100 valence electrons. The van der Waals surface area contributed by atoms with E-state index in [4.69, 9.17) is 9.53 Å². The van der Waals surface area contributed by atoms with Crippen LogP contribution in [0.5, 0.6) is 0 Å². The van der Waals surface area contributed by atoms with Crippen molar-refractivity contribution in [2.75, 3.05) is 0 Å². The lowest BCUT2D eigenvalue weighted by Gasteiger charge is -2.32. The summed E-state index contributed by atoms with van der Waals surface area (Å²) in [5.41, 5.74) is 0. The average Bonchev–Trinajstić information content (AvgIpc) is 2.33. The fourth-order valence-electron chi connectivity index (χ4n) is 1.86. The number of hydrogen-bond acceptors (Lipinski definition) is 2. The second-order valence-corrected chi connectivity index (χ2v) is 9.59. The van der Waals surface area contributed by atoms with Crippen LogP contribution in [0, 0.1) is 0 Å². The van der Waals surface area contributed by atoms with Gasteiger partial charge in [-0.25, -0.2) is 0 Å². The maximum Gasteiger partial charge on any atom is 0.303 e. The van der Waals surface area contributed by atoms with Crippen LogP contribution in [0.25, 0.3) is 0 Å². The van der Waals surface area contributed by atoms with Crippen LogP contribution < -0.4 is 0 Å². The summed E-state index contributed by atoms with van der Waals surface area (Å²) in [6.45, 7) is 6.55. The third-order valence-electron chi connectivity index (χ3n) is 3.26. The third kappa shape index (κ3) is 6.57. The van der Waals surface area contributed by atoms with Gasteiger partial charge in [-0.2, -0.15) is 0 Å². The molecule has 1 atom stereocenters. The van der Waals surface area contributed by atoms with Crippen LogP contribution in [0.4, 0.5) is 0 Å². The highest BCUT2D eigenvalue weighted by atomic mass is 127. The van der Waals surface area contributed by atoms with E-state index >= 15 is 0 Å². The van der Waals surface area contributed by atoms with Crippen LogP contribution in [0.15, 0.2) is 10.2 Å². The predicted octanol–water partition coefficient (Wildman–Crippen LogP) is 4.19. The summed E-state index contributed by atoms with van der Waals surface area (Å²) < 4.78 is 8.18. The summed E-state index contributed by atoms with van der Waals surface area (Å²) in [7, 11) is -1.64. The van der Waals surface area contributed by atoms with Crippen molar-refractivity contribution < 1.29 is 14.3 Å². The molecule has 0 bridgehead atoms. The van der Waals surface area contributed by atoms with E-state index in [9.17, 15) is 4.79 Å². The smallest absolute Gasteiger partial charge is 0.303 e. The molecule has 0 saturated heterocycles. The average molecular weight is 370 g/mol. The number of carboxylic acid groups (broad SMARTS) is 1. The minimum Gasteiger partial charge on any atom is -0.481 e. The SMILES string of the molecule is CC[Si](CC)(CC)O[C@@H](/C=C\I)CCC(=O)O. The Morgan fingerprint density at radius 1 is 1.35 bits per heavy atom. The zero-order valence-electron chi connectivity index (χ0n) is 10.9. The molecule has 17 heavy (non-hydrogen) atoms. The summed E-state index contributed by atoms with van der Waals surface area (Å²) in [6.07, 6.45) is 2.69. The maximum atomic E-state index is 10.6. The molecular formula is C12H23IO3Si. The van der Waals surface area contributed by atoms with Gasteiger partial charge in [0.05, 0.1) is 6.10 Å². The molecule has 0 aromatic carbocycles. The number of carboxylic acids is 1. The van der Waals surface area contributed by atoms with E-state index in [1.165, 1.54) is 0 Å². The highest BCUT2D eigenvalue weighted by molar-refractivity contribution is 14.1. The first kappa shape index (κ1) is 17.1. The number of rotatable bonds is 9. The van der Waals surface area contributed by atoms with Crippen molar-refractivity contribution >= 4 is 36.9 Å². The Bertz CT molecular complexity index is 244. The van der Waals surface area contributed by atoms with Crippen molar-refractivity contribution in [3.8, 4) is 0 Å². The molecule has 0 saturated carbocycles. The van der Waals surface area contributed by atoms with Crippen LogP contribution in [0.1, 0.15) is 33.6 Å². The minimum absolute atomic E-state index is 0.0329. The van der Waals surface area contributed by atoms with Gasteiger partial charge in [0.2, 0.25) is 0 Å². The van der Waals surface area contributed by atoms with Gasteiger partial charge in [-0.3, -0.25) is 4.79 Å². The molecule has 0 fully saturated rings. The van der Waals surface area contributed by atoms with Crippen molar-refractivity contribution in [2.24, 2.45) is 0 Å². The monoisotopic (exact) mass is 370 g/mol. The van der Waals surface area contributed by atoms with E-state index in [-0.39, 0.29) is 12.5 Å². The number of carbonyl (C=O) groups is 1. The molecule has 3 nitrogen and oxygen atoms in total. The van der Waals surface area contributed by atoms with Gasteiger partial charge in [0, 0.05) is 6.42 Å². The third-order valence-corrected chi connectivity index (χ3v) is 8.35. The van der Waals surface area contributed by atoms with Crippen molar-refractivity contribution in [2.45, 2.75) is 57.8 Å². The summed E-state index contributed by atoms with van der Waals surface area (Å²) in [5.74, 6) is -0.753. The summed E-state index contributed by atoms with van der Waals surface area (Å²) in [4.78, 5) is 10.6. The molecule has 0 aliphatic carbocycles. The van der Waals surface area contributed by atoms with Crippen LogP contribution in [-0.4, -0.2) is 25.5 Å². The quantitative estimate of drug-likeness (QED) is 0.489. The van der Waals surface area contributed by atoms with Gasteiger partial charge in [0.15, 0.2) is 8.32 Å². The normalized spacial score (nSPS) is 14.1. The lowest BCUT2D eigenvalue weighted by Crippen LogP contribution is -2.39. The first-order valence-corrected chi connectivity index (χ1v) is 9.97. The number of aliphatic carboxylic acids is 1. The Morgan fingerprint density at radius 2 is 1.88 bits per heavy atom. The summed E-state index contributed by atoms with van der Waals surface area (Å²) >= 11 is 2.15. The lowest BCUT2D eigenvalue weighted by molar-refractivity contribution is -0.137. The van der Waals surface area contributed by atoms with Crippen LogP contribution in [0.3, 0.4) is 0 Å². The number of hydrogen-bond donors (Lipinski definition) is 1. The predicted molar refractivity (Wildman–Crippen MR) is 82.1 cm³/mol. The molecule has 0 radical (unpaired) electrons. The number of halogens is 1. The summed E-state index contributed by atoms with van der Waals surface area (Å²) in [5, 5.41) is 8.73. The van der Waals surface area contributed by atoms with Gasteiger partial charge in [0.1, 0.15) is 0 Å². The van der Waals surface area contributed by atoms with Gasteiger partial charge < -0.3 is 9.53 Å². The van der Waals surface area contributed by atoms with E-state index in [0.717, 1.165) is 18.1 Å². The Hall–Kier alpha value is 0.117. The van der Waals surface area contributed by atoms with E-state index in [1.54, 1.807) is 0 Å². The molecule has 0 aromatic rings. The molecule has 0 amide bonds. The lowest BCUT2D eigenvalue weighted by atomic mass is 10.2. The minimum atomic E-state index is -1.64. The molecule has 5 heteroatoms. The van der Waals surface area contributed by atoms with Gasteiger partial charge in [-0.1, -0.05) is 49.4 Å². The highest BCUT2D eigenvalue weighted by Crippen LogP contribution is 2.25. The van der Waals surface area contributed by atoms with Gasteiger partial charge >= 0.3 is 5.97 Å². The Morgan fingerprint density at radius 3 is 2.24 bits per heavy atom. The van der Waals surface area contributed by atoms with E-state index in [0.29, 0.717) is 6.42 Å². The largest absolute Gasteiger partial charge is 0.481 e. The maximum absolute atomic E-state index is 10.6. The van der Waals surface area contributed by atoms with Crippen LogP contribution in [-0.2, 0) is 9.22 Å². The molecule has 0 aromatic heterocycles. The second kappa shape index (κ2) is 9.10. The zero-order chi connectivity index (χ0) is 13.3. The molecule has 0 unspecified atom stereocenters. The molecule has 0 aliphatic heterocycles. The molecule has 0 spiro atoms. The molecule has 1 N–H and O–H groups in total. The van der Waals surface area contributed by atoms with Gasteiger partial charge in [-0.05, 0) is 28.6 Å². The Kier molecular flexibility index (Phi) is 9.16. The second-order valence-electron chi connectivity index (χ2n) is 4.15. The summed E-state index contributed by atoms with van der Waals surface area (Å²) in [6, 6.07) is 3.29. The Labute approximate surface area is 119 Å². The van der Waals surface area contributed by atoms with Crippen molar-refractivity contribution in [1.29, 1.82) is 0 Å². The van der Waals surface area contributed by atoms with Gasteiger partial charge in [0.25, 0.3) is 0 Å². The zero-order valence-corrected chi connectivity index (χ0v) is 14.1. The molecule has 0 heterocycles. The van der Waals surface area contributed by atoms with Crippen molar-refractivity contribution in [3.05, 3.63) is 10.2 Å². The van der Waals surface area contributed by atoms with Crippen molar-refractivity contribution in [3.63, 3.8) is 0 Å². The van der Waals surface area contributed by atoms with Gasteiger partial charge in [-0.15, -0.1) is 0 Å². The molecular weight excluding hydrogens is 347 g/mol. The van der Waals surface area contributed by atoms with E-state index in [2.05, 4.69) is 43.4 Å². The molecule has 0 rings (SSSR count). The Balaban J connectivity index is 4.54. The highest BCUT2D eigenvalue weighted by Gasteiger charge is 2.31. The standard InChI is InChI=1S/C12H23IO3Si/c1-4-17(5-2,6-3)16-11(9-10-13)7-8-12(14)15/h9-11H,4-8H2,1-3H3,(H,14,15)/b10-9-/t11-/m1/s1. The first-order valence-electron chi connectivity index (χ1n) is 6.20. The molecule has 0 aliphatic rings. The van der Waals surface area contributed by atoms with Crippen molar-refractivity contribution in [1.82, 2.24) is 0 Å². The van der Waals surface area contributed by atoms with E-state index in [1.807, 2.05) is 10.2 Å². The van der Waals surface area contributed by atoms with Crippen LogP contribution in [0.2, 0.25) is 18.1 Å². The van der Waals surface area contributed by atoms with Crippen LogP contribution >= 0.6 is 22.6 Å². The first-order chi connectivity index (χ1) is 8.03. The topological polar surface area (TPSA) is 46.5 Å². The fourth-order valence-corrected chi connectivity index (χ4v) is 5.16. The van der Waals surface area contributed by atoms with E-state index < -0.39 is 14.3 Å². The fraction of sp³-hybridized carbons (Fsp3) is 0.750.